The summed E-state index contributed by atoms with van der Waals surface area (Å²) in [6.07, 6.45) is 1.68. The molecule has 1 heterocycles. The number of nitrogens with one attached hydrogen (secondary N) is 2. The van der Waals surface area contributed by atoms with Gasteiger partial charge in [0.05, 0.1) is 18.8 Å². The first kappa shape index (κ1) is 14.7. The Bertz CT molecular complexity index is 302. The standard InChI is InChI=1S/C11H20N2O5/c1-11(4-3-5-18-7-11)13-10(16)12-8(6-17-2)9(14)15/h8H,3-7H2,1-2H3,(H,14,15)(H2,12,13,16). The van der Waals surface area contributed by atoms with E-state index in [4.69, 9.17) is 14.6 Å². The molecule has 0 spiro atoms. The Hall–Kier alpha value is -1.34. The highest BCUT2D eigenvalue weighted by molar-refractivity contribution is 5.83. The first-order valence-corrected chi connectivity index (χ1v) is 5.85. The van der Waals surface area contributed by atoms with Gasteiger partial charge in [0.2, 0.25) is 0 Å². The molecule has 7 nitrogen and oxygen atoms in total. The van der Waals surface area contributed by atoms with Crippen molar-refractivity contribution in [1.82, 2.24) is 10.6 Å². The topological polar surface area (TPSA) is 96.9 Å². The summed E-state index contributed by atoms with van der Waals surface area (Å²) in [6.45, 7) is 2.93. The normalized spacial score (nSPS) is 25.2. The summed E-state index contributed by atoms with van der Waals surface area (Å²) in [5.41, 5.74) is -0.446. The third-order valence-electron chi connectivity index (χ3n) is 2.79. The van der Waals surface area contributed by atoms with Crippen LogP contribution in [0.5, 0.6) is 0 Å². The van der Waals surface area contributed by atoms with Crippen LogP contribution in [0, 0.1) is 0 Å². The summed E-state index contributed by atoms with van der Waals surface area (Å²) >= 11 is 0. The number of carbonyl (C=O) groups excluding carboxylic acids is 1. The molecular formula is C11H20N2O5. The van der Waals surface area contributed by atoms with Crippen LogP contribution < -0.4 is 10.6 Å². The smallest absolute Gasteiger partial charge is 0.328 e. The molecule has 1 aliphatic heterocycles. The number of amides is 2. The molecule has 0 aliphatic carbocycles. The summed E-state index contributed by atoms with van der Waals surface area (Å²) in [5, 5.41) is 14.0. The van der Waals surface area contributed by atoms with E-state index in [1.165, 1.54) is 7.11 Å². The molecule has 0 aromatic carbocycles. The zero-order valence-corrected chi connectivity index (χ0v) is 10.7. The van der Waals surface area contributed by atoms with Gasteiger partial charge in [0.1, 0.15) is 0 Å². The van der Waals surface area contributed by atoms with E-state index in [0.29, 0.717) is 13.2 Å². The molecule has 0 aromatic heterocycles. The van der Waals surface area contributed by atoms with Gasteiger partial charge in [-0.2, -0.15) is 0 Å². The van der Waals surface area contributed by atoms with E-state index >= 15 is 0 Å². The predicted molar refractivity (Wildman–Crippen MR) is 63.4 cm³/mol. The largest absolute Gasteiger partial charge is 0.480 e. The van der Waals surface area contributed by atoms with E-state index in [-0.39, 0.29) is 6.61 Å². The average Bonchev–Trinajstić information content (AvgIpc) is 2.28. The molecule has 1 aliphatic rings. The molecule has 0 bridgehead atoms. The Morgan fingerprint density at radius 3 is 2.78 bits per heavy atom. The lowest BCUT2D eigenvalue weighted by Gasteiger charge is -2.34. The third kappa shape index (κ3) is 4.50. The van der Waals surface area contributed by atoms with Crippen molar-refractivity contribution in [2.24, 2.45) is 0 Å². The van der Waals surface area contributed by atoms with Gasteiger partial charge in [-0.1, -0.05) is 0 Å². The van der Waals surface area contributed by atoms with Crippen LogP contribution in [-0.4, -0.2) is 55.6 Å². The van der Waals surface area contributed by atoms with Crippen molar-refractivity contribution >= 4 is 12.0 Å². The van der Waals surface area contributed by atoms with Crippen molar-refractivity contribution in [2.75, 3.05) is 26.9 Å². The Morgan fingerprint density at radius 1 is 1.56 bits per heavy atom. The maximum atomic E-state index is 11.7. The molecule has 0 aromatic rings. The highest BCUT2D eigenvalue weighted by Crippen LogP contribution is 2.17. The van der Waals surface area contributed by atoms with Gasteiger partial charge in [0.15, 0.2) is 6.04 Å². The fraction of sp³-hybridized carbons (Fsp3) is 0.818. The molecule has 2 atom stereocenters. The fourth-order valence-corrected chi connectivity index (χ4v) is 1.84. The van der Waals surface area contributed by atoms with Gasteiger partial charge < -0.3 is 25.2 Å². The lowest BCUT2D eigenvalue weighted by molar-refractivity contribution is -0.140. The number of urea groups is 1. The molecule has 1 fully saturated rings. The van der Waals surface area contributed by atoms with Crippen LogP contribution >= 0.6 is 0 Å². The van der Waals surface area contributed by atoms with Gasteiger partial charge >= 0.3 is 12.0 Å². The zero-order valence-electron chi connectivity index (χ0n) is 10.7. The van der Waals surface area contributed by atoms with Crippen LogP contribution in [0.1, 0.15) is 19.8 Å². The van der Waals surface area contributed by atoms with Crippen LogP contribution in [-0.2, 0) is 14.3 Å². The summed E-state index contributed by atoms with van der Waals surface area (Å²) < 4.78 is 10.0. The second-order valence-electron chi connectivity index (χ2n) is 4.66. The van der Waals surface area contributed by atoms with Crippen molar-refractivity contribution < 1.29 is 24.2 Å². The Labute approximate surface area is 106 Å². The second kappa shape index (κ2) is 6.55. The Morgan fingerprint density at radius 2 is 2.28 bits per heavy atom. The molecule has 18 heavy (non-hydrogen) atoms. The average molecular weight is 260 g/mol. The van der Waals surface area contributed by atoms with Crippen molar-refractivity contribution in [2.45, 2.75) is 31.3 Å². The van der Waals surface area contributed by atoms with Crippen LogP contribution in [0.4, 0.5) is 4.79 Å². The van der Waals surface area contributed by atoms with Crippen LogP contribution in [0.25, 0.3) is 0 Å². The highest BCUT2D eigenvalue weighted by Gasteiger charge is 2.30. The number of aliphatic carboxylic acids is 1. The van der Waals surface area contributed by atoms with Gasteiger partial charge in [-0.3, -0.25) is 0 Å². The number of carbonyl (C=O) groups is 2. The summed E-state index contributed by atoms with van der Waals surface area (Å²) in [4.78, 5) is 22.6. The number of hydrogen-bond donors (Lipinski definition) is 3. The summed E-state index contributed by atoms with van der Waals surface area (Å²) in [5.74, 6) is -1.13. The number of carboxylic acids is 1. The Kier molecular flexibility index (Phi) is 5.36. The van der Waals surface area contributed by atoms with Crippen molar-refractivity contribution in [3.8, 4) is 0 Å². The number of hydrogen-bond acceptors (Lipinski definition) is 4. The molecule has 1 rings (SSSR count). The monoisotopic (exact) mass is 260 g/mol. The molecule has 2 unspecified atom stereocenters. The molecule has 7 heteroatoms. The summed E-state index contributed by atoms with van der Waals surface area (Å²) in [7, 11) is 1.38. The van der Waals surface area contributed by atoms with E-state index in [1.54, 1.807) is 0 Å². The Balaban J connectivity index is 2.46. The van der Waals surface area contributed by atoms with Crippen LogP contribution in [0.2, 0.25) is 0 Å². The van der Waals surface area contributed by atoms with Crippen molar-refractivity contribution in [3.63, 3.8) is 0 Å². The number of ether oxygens (including phenoxy) is 2. The van der Waals surface area contributed by atoms with Gasteiger partial charge in [-0.15, -0.1) is 0 Å². The van der Waals surface area contributed by atoms with Gasteiger partial charge in [0, 0.05) is 13.7 Å². The minimum atomic E-state index is -1.13. The first-order chi connectivity index (χ1) is 8.47. The molecule has 0 radical (unpaired) electrons. The maximum absolute atomic E-state index is 11.7. The quantitative estimate of drug-likeness (QED) is 0.644. The third-order valence-corrected chi connectivity index (χ3v) is 2.79. The van der Waals surface area contributed by atoms with E-state index in [1.807, 2.05) is 6.92 Å². The molecule has 2 amide bonds. The van der Waals surface area contributed by atoms with Crippen molar-refractivity contribution in [1.29, 1.82) is 0 Å². The first-order valence-electron chi connectivity index (χ1n) is 5.85. The van der Waals surface area contributed by atoms with Gasteiger partial charge in [-0.25, -0.2) is 9.59 Å². The van der Waals surface area contributed by atoms with Crippen LogP contribution in [0.3, 0.4) is 0 Å². The predicted octanol–water partition coefficient (Wildman–Crippen LogP) is -0.0457. The minimum Gasteiger partial charge on any atom is -0.480 e. The van der Waals surface area contributed by atoms with E-state index in [9.17, 15) is 9.59 Å². The SMILES string of the molecule is COCC(NC(=O)NC1(C)CCCOC1)C(=O)O. The number of rotatable bonds is 5. The van der Waals surface area contributed by atoms with Crippen LogP contribution in [0.15, 0.2) is 0 Å². The maximum Gasteiger partial charge on any atom is 0.328 e. The number of carboxylic acid groups (broad SMARTS) is 1. The van der Waals surface area contributed by atoms with E-state index in [0.717, 1.165) is 12.8 Å². The molecule has 0 saturated carbocycles. The van der Waals surface area contributed by atoms with Gasteiger partial charge in [-0.05, 0) is 19.8 Å². The molecule has 1 saturated heterocycles. The minimum absolute atomic E-state index is 0.0734. The molecule has 3 N–H and O–H groups in total. The van der Waals surface area contributed by atoms with E-state index < -0.39 is 23.6 Å². The second-order valence-corrected chi connectivity index (χ2v) is 4.66. The highest BCUT2D eigenvalue weighted by atomic mass is 16.5. The lowest BCUT2D eigenvalue weighted by Crippen LogP contribution is -2.57. The lowest BCUT2D eigenvalue weighted by atomic mass is 9.95. The fourth-order valence-electron chi connectivity index (χ4n) is 1.84. The molecular weight excluding hydrogens is 240 g/mol. The van der Waals surface area contributed by atoms with Gasteiger partial charge in [0.25, 0.3) is 0 Å². The summed E-state index contributed by atoms with van der Waals surface area (Å²) in [6, 6.07) is -1.57. The molecule has 104 valence electrons. The number of methoxy groups -OCH3 is 1. The van der Waals surface area contributed by atoms with E-state index in [2.05, 4.69) is 10.6 Å². The zero-order chi connectivity index (χ0) is 13.6. The van der Waals surface area contributed by atoms with Crippen molar-refractivity contribution in [3.05, 3.63) is 0 Å².